The van der Waals surface area contributed by atoms with Crippen LogP contribution in [-0.2, 0) is 4.99 Å². The van der Waals surface area contributed by atoms with Crippen molar-refractivity contribution in [2.45, 2.75) is 13.8 Å². The Hall–Kier alpha value is -1.06. The number of benzene rings is 1. The Morgan fingerprint density at radius 2 is 2.00 bits per heavy atom. The van der Waals surface area contributed by atoms with Crippen LogP contribution in [-0.4, -0.2) is 0 Å². The lowest BCUT2D eigenvalue weighted by Gasteiger charge is -2.05. The minimum atomic E-state index is 0.660. The first-order valence-corrected chi connectivity index (χ1v) is 3.35. The van der Waals surface area contributed by atoms with Crippen LogP contribution in [0.3, 0.4) is 0 Å². The van der Waals surface area contributed by atoms with E-state index in [0.29, 0.717) is 5.75 Å². The Morgan fingerprint density at radius 1 is 1.27 bits per heavy atom. The number of aryl methyl sites for hydroxylation is 1. The largest absolute Gasteiger partial charge is 0.319 e. The monoisotopic (exact) mass is 153 g/mol. The summed E-state index contributed by atoms with van der Waals surface area (Å²) in [6.45, 7) is 3.95. The number of nitrogens with two attached hydrogens (primary N) is 1. The molecule has 0 aromatic heterocycles. The van der Waals surface area contributed by atoms with Gasteiger partial charge in [0.2, 0.25) is 0 Å². The van der Waals surface area contributed by atoms with Crippen molar-refractivity contribution >= 4 is 0 Å². The van der Waals surface area contributed by atoms with Crippen LogP contribution in [0.25, 0.3) is 0 Å². The molecule has 3 nitrogen and oxygen atoms in total. The van der Waals surface area contributed by atoms with Gasteiger partial charge in [-0.3, -0.25) is 0 Å². The SMILES string of the molecule is Cc1cccc(OON)c1C. The van der Waals surface area contributed by atoms with E-state index in [4.69, 9.17) is 10.8 Å². The summed E-state index contributed by atoms with van der Waals surface area (Å²) in [5, 5.41) is 0. The predicted octanol–water partition coefficient (Wildman–Crippen LogP) is 1.49. The second kappa shape index (κ2) is 3.37. The summed E-state index contributed by atoms with van der Waals surface area (Å²) in [4.78, 5) is 8.76. The first-order valence-electron chi connectivity index (χ1n) is 3.35. The third-order valence-electron chi connectivity index (χ3n) is 1.69. The normalized spacial score (nSPS) is 9.73. The van der Waals surface area contributed by atoms with Crippen LogP contribution in [0.1, 0.15) is 11.1 Å². The zero-order valence-corrected chi connectivity index (χ0v) is 6.63. The first-order chi connectivity index (χ1) is 5.25. The number of rotatable bonds is 2. The molecular formula is C8H11NO2. The van der Waals surface area contributed by atoms with E-state index in [0.717, 1.165) is 11.1 Å². The van der Waals surface area contributed by atoms with Gasteiger partial charge in [-0.25, -0.2) is 0 Å². The summed E-state index contributed by atoms with van der Waals surface area (Å²) in [6.07, 6.45) is 0. The summed E-state index contributed by atoms with van der Waals surface area (Å²) < 4.78 is 0. The highest BCUT2D eigenvalue weighted by atomic mass is 17.3. The highest BCUT2D eigenvalue weighted by Crippen LogP contribution is 2.19. The van der Waals surface area contributed by atoms with Gasteiger partial charge < -0.3 is 4.89 Å². The Bertz CT molecular complexity index is 248. The topological polar surface area (TPSA) is 44.5 Å². The smallest absolute Gasteiger partial charge is 0.170 e. The van der Waals surface area contributed by atoms with Gasteiger partial charge in [-0.05, 0) is 31.0 Å². The van der Waals surface area contributed by atoms with Gasteiger partial charge >= 0.3 is 0 Å². The van der Waals surface area contributed by atoms with E-state index < -0.39 is 0 Å². The molecule has 0 saturated carbocycles. The van der Waals surface area contributed by atoms with Gasteiger partial charge in [0.15, 0.2) is 5.75 Å². The van der Waals surface area contributed by atoms with Crippen LogP contribution in [0.5, 0.6) is 5.75 Å². The highest BCUT2D eigenvalue weighted by molar-refractivity contribution is 5.37. The molecule has 2 N–H and O–H groups in total. The fraction of sp³-hybridized carbons (Fsp3) is 0.250. The molecule has 11 heavy (non-hydrogen) atoms. The van der Waals surface area contributed by atoms with Crippen molar-refractivity contribution in [2.75, 3.05) is 0 Å². The van der Waals surface area contributed by atoms with Gasteiger partial charge in [-0.1, -0.05) is 17.1 Å². The molecular weight excluding hydrogens is 142 g/mol. The van der Waals surface area contributed by atoms with Crippen LogP contribution in [0.2, 0.25) is 0 Å². The van der Waals surface area contributed by atoms with Gasteiger partial charge in [0.05, 0.1) is 0 Å². The van der Waals surface area contributed by atoms with E-state index >= 15 is 0 Å². The van der Waals surface area contributed by atoms with Gasteiger partial charge in [-0.2, -0.15) is 5.90 Å². The molecule has 0 amide bonds. The lowest BCUT2D eigenvalue weighted by molar-refractivity contribution is -0.211. The average molecular weight is 153 g/mol. The van der Waals surface area contributed by atoms with Gasteiger partial charge in [-0.15, -0.1) is 0 Å². The van der Waals surface area contributed by atoms with Crippen molar-refractivity contribution in [2.24, 2.45) is 5.90 Å². The third-order valence-corrected chi connectivity index (χ3v) is 1.69. The van der Waals surface area contributed by atoms with Crippen molar-refractivity contribution in [1.82, 2.24) is 0 Å². The van der Waals surface area contributed by atoms with Crippen LogP contribution in [0, 0.1) is 13.8 Å². The highest BCUT2D eigenvalue weighted by Gasteiger charge is 2.00. The minimum Gasteiger partial charge on any atom is -0.319 e. The lowest BCUT2D eigenvalue weighted by atomic mass is 10.1. The molecule has 0 spiro atoms. The molecule has 0 atom stereocenters. The number of hydrogen-bond donors (Lipinski definition) is 1. The van der Waals surface area contributed by atoms with Crippen molar-refractivity contribution in [1.29, 1.82) is 0 Å². The standard InChI is InChI=1S/C8H11NO2/c1-6-4-3-5-8(7(6)2)10-11-9/h3-5H,9H2,1-2H3. The van der Waals surface area contributed by atoms with Crippen LogP contribution in [0.4, 0.5) is 0 Å². The molecule has 1 rings (SSSR count). The quantitative estimate of drug-likeness (QED) is 0.517. The number of hydrogen-bond acceptors (Lipinski definition) is 3. The maximum Gasteiger partial charge on any atom is 0.170 e. The molecule has 1 aromatic carbocycles. The molecule has 0 aliphatic heterocycles. The molecule has 0 heterocycles. The summed E-state index contributed by atoms with van der Waals surface area (Å²) in [6, 6.07) is 5.69. The van der Waals surface area contributed by atoms with Gasteiger partial charge in [0, 0.05) is 0 Å². The molecule has 0 fully saturated rings. The van der Waals surface area contributed by atoms with Crippen molar-refractivity contribution in [3.8, 4) is 5.75 Å². The van der Waals surface area contributed by atoms with E-state index in [2.05, 4.69) is 4.99 Å². The summed E-state index contributed by atoms with van der Waals surface area (Å²) in [5.74, 6) is 5.42. The van der Waals surface area contributed by atoms with Crippen molar-refractivity contribution < 1.29 is 9.88 Å². The second-order valence-electron chi connectivity index (χ2n) is 2.38. The molecule has 0 saturated heterocycles. The van der Waals surface area contributed by atoms with Crippen LogP contribution in [0.15, 0.2) is 18.2 Å². The Labute approximate surface area is 65.6 Å². The molecule has 3 heteroatoms. The Kier molecular flexibility index (Phi) is 2.46. The fourth-order valence-electron chi connectivity index (χ4n) is 0.866. The fourth-order valence-corrected chi connectivity index (χ4v) is 0.866. The molecule has 0 bridgehead atoms. The molecule has 0 radical (unpaired) electrons. The Balaban J connectivity index is 2.96. The van der Waals surface area contributed by atoms with E-state index in [1.54, 1.807) is 6.07 Å². The second-order valence-corrected chi connectivity index (χ2v) is 2.38. The lowest BCUT2D eigenvalue weighted by Crippen LogP contribution is -2.04. The van der Waals surface area contributed by atoms with E-state index in [9.17, 15) is 0 Å². The van der Waals surface area contributed by atoms with Gasteiger partial charge in [0.1, 0.15) is 0 Å². The third kappa shape index (κ3) is 1.69. The molecule has 0 aliphatic carbocycles. The average Bonchev–Trinajstić information content (AvgIpc) is 1.99. The Morgan fingerprint density at radius 3 is 2.64 bits per heavy atom. The molecule has 1 aromatic rings. The molecule has 60 valence electrons. The van der Waals surface area contributed by atoms with E-state index in [1.165, 1.54) is 0 Å². The summed E-state index contributed by atoms with van der Waals surface area (Å²) >= 11 is 0. The minimum absolute atomic E-state index is 0.660. The van der Waals surface area contributed by atoms with E-state index in [1.807, 2.05) is 26.0 Å². The zero-order valence-electron chi connectivity index (χ0n) is 6.63. The van der Waals surface area contributed by atoms with Crippen molar-refractivity contribution in [3.63, 3.8) is 0 Å². The molecule has 0 unspecified atom stereocenters. The predicted molar refractivity (Wildman–Crippen MR) is 41.8 cm³/mol. The summed E-state index contributed by atoms with van der Waals surface area (Å²) in [7, 11) is 0. The van der Waals surface area contributed by atoms with Gasteiger partial charge in [0.25, 0.3) is 0 Å². The molecule has 0 aliphatic rings. The van der Waals surface area contributed by atoms with E-state index in [-0.39, 0.29) is 0 Å². The maximum atomic E-state index is 4.76. The van der Waals surface area contributed by atoms with Crippen LogP contribution < -0.4 is 10.8 Å². The van der Waals surface area contributed by atoms with Crippen molar-refractivity contribution in [3.05, 3.63) is 29.3 Å². The maximum absolute atomic E-state index is 4.76. The summed E-state index contributed by atoms with van der Waals surface area (Å²) in [5.41, 5.74) is 2.19. The van der Waals surface area contributed by atoms with Crippen LogP contribution >= 0.6 is 0 Å². The zero-order chi connectivity index (χ0) is 8.27. The first kappa shape index (κ1) is 8.04.